The summed E-state index contributed by atoms with van der Waals surface area (Å²) in [6.45, 7) is 0. The number of rotatable bonds is 1. The average Bonchev–Trinajstić information content (AvgIpc) is 2.34. The van der Waals surface area contributed by atoms with Crippen LogP contribution in [0.1, 0.15) is 0 Å². The number of aliphatic hydroxyl groups excluding tert-OH is 2. The lowest BCUT2D eigenvalue weighted by molar-refractivity contribution is -0.0795. The third-order valence-electron chi connectivity index (χ3n) is 2.62. The third kappa shape index (κ3) is 1.38. The Kier molecular flexibility index (Phi) is 2.35. The van der Waals surface area contributed by atoms with Crippen LogP contribution in [-0.2, 0) is 4.74 Å². The summed E-state index contributed by atoms with van der Waals surface area (Å²) in [6.07, 6.45) is 1.68. The molecule has 0 amide bonds. The third-order valence-corrected chi connectivity index (χ3v) is 2.62. The van der Waals surface area contributed by atoms with Crippen molar-refractivity contribution in [2.75, 3.05) is 7.11 Å². The van der Waals surface area contributed by atoms with Crippen LogP contribution in [0.4, 0.5) is 0 Å². The highest BCUT2D eigenvalue weighted by Crippen LogP contribution is 2.19. The molecule has 1 aliphatic carbocycles. The van der Waals surface area contributed by atoms with Crippen molar-refractivity contribution in [3.05, 3.63) is 12.2 Å². The molecule has 0 aromatic carbocycles. The molecule has 0 aromatic heterocycles. The topological polar surface area (TPSA) is 73.8 Å². The van der Waals surface area contributed by atoms with Gasteiger partial charge in [-0.15, -0.1) is 0 Å². The molecule has 0 radical (unpaired) electrons. The summed E-state index contributed by atoms with van der Waals surface area (Å²) in [5, 5.41) is 19.5. The number of hydrazine groups is 1. The Bertz CT molecular complexity index is 201. The van der Waals surface area contributed by atoms with Gasteiger partial charge in [0, 0.05) is 7.11 Å². The average molecular weight is 186 g/mol. The van der Waals surface area contributed by atoms with Crippen molar-refractivity contribution in [2.45, 2.75) is 30.4 Å². The lowest BCUT2D eigenvalue weighted by Gasteiger charge is -2.25. The Balaban J connectivity index is 2.25. The van der Waals surface area contributed by atoms with Crippen LogP contribution in [-0.4, -0.2) is 47.7 Å². The molecule has 0 aromatic rings. The van der Waals surface area contributed by atoms with Gasteiger partial charge in [0.2, 0.25) is 0 Å². The Labute approximate surface area is 76.4 Å². The highest BCUT2D eigenvalue weighted by atomic mass is 16.5. The van der Waals surface area contributed by atoms with E-state index in [4.69, 9.17) is 4.74 Å². The van der Waals surface area contributed by atoms with Crippen LogP contribution < -0.4 is 10.9 Å². The van der Waals surface area contributed by atoms with E-state index in [1.54, 1.807) is 0 Å². The Hall–Kier alpha value is -0.460. The summed E-state index contributed by atoms with van der Waals surface area (Å²) in [5.74, 6) is 0. The first kappa shape index (κ1) is 9.11. The molecule has 3 rings (SSSR count). The molecule has 5 atom stereocenters. The van der Waals surface area contributed by atoms with Crippen molar-refractivity contribution < 1.29 is 14.9 Å². The van der Waals surface area contributed by atoms with E-state index < -0.39 is 18.3 Å². The second kappa shape index (κ2) is 3.36. The zero-order valence-corrected chi connectivity index (χ0v) is 7.34. The largest absolute Gasteiger partial charge is 0.388 e. The first-order valence-corrected chi connectivity index (χ1v) is 4.32. The molecule has 0 spiro atoms. The van der Waals surface area contributed by atoms with Gasteiger partial charge in [0.05, 0.1) is 12.1 Å². The molecular weight excluding hydrogens is 172 g/mol. The number of nitrogens with one attached hydrogen (secondary N) is 2. The zero-order chi connectivity index (χ0) is 9.42. The minimum atomic E-state index is -0.726. The van der Waals surface area contributed by atoms with Crippen molar-refractivity contribution in [1.29, 1.82) is 0 Å². The molecule has 0 saturated carbocycles. The summed E-state index contributed by atoms with van der Waals surface area (Å²) in [7, 11) is 1.49. The Morgan fingerprint density at radius 1 is 1.08 bits per heavy atom. The van der Waals surface area contributed by atoms with E-state index in [0.717, 1.165) is 0 Å². The van der Waals surface area contributed by atoms with Crippen LogP contribution >= 0.6 is 0 Å². The maximum absolute atomic E-state index is 9.77. The summed E-state index contributed by atoms with van der Waals surface area (Å²) < 4.78 is 5.06. The lowest BCUT2D eigenvalue weighted by atomic mass is 10.0. The maximum Gasteiger partial charge on any atom is 0.113 e. The lowest BCUT2D eigenvalue weighted by Crippen LogP contribution is -2.51. The van der Waals surface area contributed by atoms with Gasteiger partial charge < -0.3 is 14.9 Å². The maximum atomic E-state index is 9.77. The van der Waals surface area contributed by atoms with E-state index >= 15 is 0 Å². The van der Waals surface area contributed by atoms with Crippen molar-refractivity contribution in [2.24, 2.45) is 0 Å². The van der Waals surface area contributed by atoms with Gasteiger partial charge in [-0.25, -0.2) is 10.9 Å². The second-order valence-electron chi connectivity index (χ2n) is 3.41. The predicted molar refractivity (Wildman–Crippen MR) is 45.8 cm³/mol. The molecule has 2 aliphatic heterocycles. The monoisotopic (exact) mass is 186 g/mol. The van der Waals surface area contributed by atoms with Gasteiger partial charge in [-0.05, 0) is 0 Å². The van der Waals surface area contributed by atoms with E-state index in [1.807, 2.05) is 12.2 Å². The van der Waals surface area contributed by atoms with Crippen LogP contribution in [0.2, 0.25) is 0 Å². The van der Waals surface area contributed by atoms with Crippen LogP contribution in [0.25, 0.3) is 0 Å². The molecular formula is C8H14N2O3. The quantitative estimate of drug-likeness (QED) is 0.361. The number of fused-ring (bicyclic) bond motifs is 3. The van der Waals surface area contributed by atoms with Gasteiger partial charge in [-0.2, -0.15) is 0 Å². The normalized spacial score (nSPS) is 49.3. The molecule has 1 saturated heterocycles. The zero-order valence-electron chi connectivity index (χ0n) is 7.34. The molecule has 2 bridgehead atoms. The Morgan fingerprint density at radius 3 is 1.85 bits per heavy atom. The van der Waals surface area contributed by atoms with Gasteiger partial charge in [0.15, 0.2) is 0 Å². The first-order chi connectivity index (χ1) is 6.24. The van der Waals surface area contributed by atoms with E-state index in [0.29, 0.717) is 0 Å². The van der Waals surface area contributed by atoms with Crippen LogP contribution in [0.5, 0.6) is 0 Å². The molecule has 13 heavy (non-hydrogen) atoms. The predicted octanol–water partition coefficient (Wildman–Crippen LogP) is -1.86. The fourth-order valence-electron chi connectivity index (χ4n) is 1.82. The molecule has 74 valence electrons. The van der Waals surface area contributed by atoms with E-state index in [-0.39, 0.29) is 12.1 Å². The molecule has 2 heterocycles. The fourth-order valence-corrected chi connectivity index (χ4v) is 1.82. The van der Waals surface area contributed by atoms with Gasteiger partial charge in [0.25, 0.3) is 0 Å². The molecule has 5 heteroatoms. The van der Waals surface area contributed by atoms with E-state index in [1.165, 1.54) is 7.11 Å². The fraction of sp³-hybridized carbons (Fsp3) is 0.750. The standard InChI is InChI=1S/C8H14N2O3/c1-13-8-6(11)4-2-3-5(7(8)12)10-9-4/h2-12H,1H3/t4-,5+,6+,7-,8?. The van der Waals surface area contributed by atoms with Crippen molar-refractivity contribution in [3.63, 3.8) is 0 Å². The van der Waals surface area contributed by atoms with E-state index in [2.05, 4.69) is 10.9 Å². The molecule has 1 unspecified atom stereocenters. The van der Waals surface area contributed by atoms with Crippen molar-refractivity contribution in [3.8, 4) is 0 Å². The summed E-state index contributed by atoms with van der Waals surface area (Å²) >= 11 is 0. The summed E-state index contributed by atoms with van der Waals surface area (Å²) in [5.41, 5.74) is 5.80. The molecule has 4 N–H and O–H groups in total. The van der Waals surface area contributed by atoms with Crippen LogP contribution in [0.15, 0.2) is 12.2 Å². The van der Waals surface area contributed by atoms with Gasteiger partial charge in [-0.3, -0.25) is 0 Å². The number of aliphatic hydroxyl groups is 2. The Morgan fingerprint density at radius 2 is 1.54 bits per heavy atom. The van der Waals surface area contributed by atoms with Crippen LogP contribution in [0, 0.1) is 0 Å². The number of hydrogen-bond donors (Lipinski definition) is 4. The number of hydrogen-bond acceptors (Lipinski definition) is 5. The molecule has 3 aliphatic rings. The molecule has 1 fully saturated rings. The second-order valence-corrected chi connectivity index (χ2v) is 3.41. The highest BCUT2D eigenvalue weighted by molar-refractivity contribution is 5.14. The van der Waals surface area contributed by atoms with Gasteiger partial charge in [-0.1, -0.05) is 12.2 Å². The van der Waals surface area contributed by atoms with Crippen LogP contribution in [0.3, 0.4) is 0 Å². The highest BCUT2D eigenvalue weighted by Gasteiger charge is 2.41. The van der Waals surface area contributed by atoms with Gasteiger partial charge in [0.1, 0.15) is 18.3 Å². The number of ether oxygens (including phenoxy) is 1. The van der Waals surface area contributed by atoms with Crippen molar-refractivity contribution >= 4 is 0 Å². The van der Waals surface area contributed by atoms with Crippen molar-refractivity contribution in [1.82, 2.24) is 10.9 Å². The molecule has 5 nitrogen and oxygen atoms in total. The SMILES string of the molecule is COC1[C@@H](O)[C@H]2C=C[C@H](NN2)[C@H]1O. The number of methoxy groups -OCH3 is 1. The van der Waals surface area contributed by atoms with Gasteiger partial charge >= 0.3 is 0 Å². The van der Waals surface area contributed by atoms with E-state index in [9.17, 15) is 10.2 Å². The first-order valence-electron chi connectivity index (χ1n) is 4.32. The minimum absolute atomic E-state index is 0.196. The summed E-state index contributed by atoms with van der Waals surface area (Å²) in [4.78, 5) is 0. The minimum Gasteiger partial charge on any atom is -0.388 e. The summed E-state index contributed by atoms with van der Waals surface area (Å²) in [6, 6.07) is -0.392. The smallest absolute Gasteiger partial charge is 0.113 e.